The van der Waals surface area contributed by atoms with Gasteiger partial charge in [-0.15, -0.1) is 0 Å². The van der Waals surface area contributed by atoms with Gasteiger partial charge in [0.2, 0.25) is 0 Å². The smallest absolute Gasteiger partial charge is 0.306 e. The molecule has 0 radical (unpaired) electrons. The Morgan fingerprint density at radius 3 is 0.758 bits per heavy atom. The van der Waals surface area contributed by atoms with Gasteiger partial charge < -0.3 is 14.2 Å². The lowest BCUT2D eigenvalue weighted by atomic mass is 10.0. The number of hydrogen-bond donors (Lipinski definition) is 0. The van der Waals surface area contributed by atoms with Crippen LogP contribution < -0.4 is 0 Å². The summed E-state index contributed by atoms with van der Waals surface area (Å²) in [5, 5.41) is 0. The van der Waals surface area contributed by atoms with Gasteiger partial charge in [-0.1, -0.05) is 283 Å². The highest BCUT2D eigenvalue weighted by Gasteiger charge is 2.19. The fourth-order valence-electron chi connectivity index (χ4n) is 9.03. The molecule has 6 nitrogen and oxygen atoms in total. The number of allylic oxidation sites excluding steroid dienone is 2. The van der Waals surface area contributed by atoms with Crippen molar-refractivity contribution in [1.29, 1.82) is 0 Å². The highest BCUT2D eigenvalue weighted by molar-refractivity contribution is 5.71. The Hall–Kier alpha value is -1.85. The Balaban J connectivity index is 4.04. The molecule has 0 rings (SSSR count). The van der Waals surface area contributed by atoms with E-state index >= 15 is 0 Å². The zero-order chi connectivity index (χ0) is 47.9. The van der Waals surface area contributed by atoms with Crippen molar-refractivity contribution < 1.29 is 28.6 Å². The molecule has 0 spiro atoms. The van der Waals surface area contributed by atoms with Crippen LogP contribution in [-0.4, -0.2) is 37.2 Å². The molecule has 0 aliphatic carbocycles. The molecule has 0 heterocycles. The van der Waals surface area contributed by atoms with Crippen molar-refractivity contribution in [3.8, 4) is 0 Å². The van der Waals surface area contributed by atoms with Gasteiger partial charge in [0.05, 0.1) is 0 Å². The van der Waals surface area contributed by atoms with Crippen LogP contribution in [0.5, 0.6) is 0 Å². The molecular weight excluding hydrogens is 817 g/mol. The molecule has 66 heavy (non-hydrogen) atoms. The largest absolute Gasteiger partial charge is 0.462 e. The van der Waals surface area contributed by atoms with Crippen molar-refractivity contribution in [2.75, 3.05) is 13.2 Å². The summed E-state index contributed by atoms with van der Waals surface area (Å²) in [5.74, 6) is -0.847. The Morgan fingerprint density at radius 2 is 0.500 bits per heavy atom. The van der Waals surface area contributed by atoms with Crippen molar-refractivity contribution in [1.82, 2.24) is 0 Å². The van der Waals surface area contributed by atoms with E-state index in [4.69, 9.17) is 14.2 Å². The molecule has 0 fully saturated rings. The lowest BCUT2D eigenvalue weighted by Crippen LogP contribution is -2.30. The van der Waals surface area contributed by atoms with Crippen LogP contribution in [0.3, 0.4) is 0 Å². The van der Waals surface area contributed by atoms with E-state index in [9.17, 15) is 14.4 Å². The first kappa shape index (κ1) is 64.2. The Labute approximate surface area is 411 Å². The average molecular weight is 932 g/mol. The minimum absolute atomic E-state index is 0.0639. The molecule has 0 aromatic heterocycles. The van der Waals surface area contributed by atoms with Gasteiger partial charge >= 0.3 is 17.9 Å². The van der Waals surface area contributed by atoms with Crippen LogP contribution in [0.1, 0.15) is 335 Å². The SMILES string of the molecule is CCCCCCCCCC/C=C\CCCCCCCCCCCCCCCCCC(=O)OCC(COC(=O)CCCCCCCCCC)OC(=O)CCCCCCCCCCCCCCC. The molecule has 0 saturated carbocycles. The van der Waals surface area contributed by atoms with Gasteiger partial charge in [0, 0.05) is 19.3 Å². The van der Waals surface area contributed by atoms with Crippen molar-refractivity contribution in [2.24, 2.45) is 0 Å². The molecule has 0 aromatic rings. The molecule has 0 aliphatic rings. The Bertz CT molecular complexity index is 1020. The number of rotatable bonds is 55. The van der Waals surface area contributed by atoms with E-state index in [0.29, 0.717) is 19.3 Å². The Kier molecular flexibility index (Phi) is 54.2. The van der Waals surface area contributed by atoms with E-state index in [1.54, 1.807) is 0 Å². The molecule has 0 saturated heterocycles. The van der Waals surface area contributed by atoms with Crippen LogP contribution in [0.4, 0.5) is 0 Å². The molecule has 0 aliphatic heterocycles. The van der Waals surface area contributed by atoms with Crippen molar-refractivity contribution in [3.63, 3.8) is 0 Å². The molecule has 0 bridgehead atoms. The van der Waals surface area contributed by atoms with Gasteiger partial charge in [0.15, 0.2) is 6.10 Å². The second-order valence-electron chi connectivity index (χ2n) is 20.3. The van der Waals surface area contributed by atoms with Gasteiger partial charge in [-0.25, -0.2) is 0 Å². The summed E-state index contributed by atoms with van der Waals surface area (Å²) >= 11 is 0. The number of hydrogen-bond acceptors (Lipinski definition) is 6. The van der Waals surface area contributed by atoms with Crippen LogP contribution >= 0.6 is 0 Å². The zero-order valence-corrected chi connectivity index (χ0v) is 44.7. The fraction of sp³-hybridized carbons (Fsp3) is 0.917. The third-order valence-electron chi connectivity index (χ3n) is 13.5. The predicted octanol–water partition coefficient (Wildman–Crippen LogP) is 19.7. The molecular formula is C60H114O6. The van der Waals surface area contributed by atoms with E-state index in [-0.39, 0.29) is 31.1 Å². The number of esters is 3. The van der Waals surface area contributed by atoms with E-state index < -0.39 is 6.10 Å². The maximum absolute atomic E-state index is 12.8. The third kappa shape index (κ3) is 53.1. The summed E-state index contributed by atoms with van der Waals surface area (Å²) in [6.07, 6.45) is 63.8. The number of ether oxygens (including phenoxy) is 3. The maximum Gasteiger partial charge on any atom is 0.306 e. The van der Waals surface area contributed by atoms with Gasteiger partial charge in [-0.05, 0) is 44.9 Å². The normalized spacial score (nSPS) is 12.0. The summed E-state index contributed by atoms with van der Waals surface area (Å²) in [6.45, 7) is 6.66. The third-order valence-corrected chi connectivity index (χ3v) is 13.5. The standard InChI is InChI=1S/C60H114O6/c1-4-7-10-13-16-19-21-23-24-25-26-27-28-29-30-31-32-33-34-35-36-38-39-41-44-47-50-53-59(62)65-56-57(55-64-58(61)52-49-46-43-18-15-12-9-6-3)66-60(63)54-51-48-45-42-40-37-22-20-17-14-11-8-5-2/h25-26,57H,4-24,27-56H2,1-3H3/b26-25-. The van der Waals surface area contributed by atoms with E-state index in [1.807, 2.05) is 0 Å². The Morgan fingerprint density at radius 1 is 0.288 bits per heavy atom. The average Bonchev–Trinajstić information content (AvgIpc) is 3.31. The minimum atomic E-state index is -0.761. The highest BCUT2D eigenvalue weighted by atomic mass is 16.6. The van der Waals surface area contributed by atoms with Crippen LogP contribution in [-0.2, 0) is 28.6 Å². The van der Waals surface area contributed by atoms with Crippen LogP contribution in [0.25, 0.3) is 0 Å². The minimum Gasteiger partial charge on any atom is -0.462 e. The molecule has 0 amide bonds. The van der Waals surface area contributed by atoms with Crippen LogP contribution in [0.15, 0.2) is 12.2 Å². The summed E-state index contributed by atoms with van der Waals surface area (Å²) in [5.41, 5.74) is 0. The van der Waals surface area contributed by atoms with E-state index in [0.717, 1.165) is 57.8 Å². The zero-order valence-electron chi connectivity index (χ0n) is 44.7. The lowest BCUT2D eigenvalue weighted by molar-refractivity contribution is -0.167. The van der Waals surface area contributed by atoms with E-state index in [1.165, 1.54) is 238 Å². The number of unbranched alkanes of at least 4 members (excludes halogenated alkanes) is 42. The van der Waals surface area contributed by atoms with Gasteiger partial charge in [-0.2, -0.15) is 0 Å². The maximum atomic E-state index is 12.8. The summed E-state index contributed by atoms with van der Waals surface area (Å²) in [6, 6.07) is 0. The van der Waals surface area contributed by atoms with E-state index in [2.05, 4.69) is 32.9 Å². The van der Waals surface area contributed by atoms with Gasteiger partial charge in [0.25, 0.3) is 0 Å². The van der Waals surface area contributed by atoms with Gasteiger partial charge in [-0.3, -0.25) is 14.4 Å². The lowest BCUT2D eigenvalue weighted by Gasteiger charge is -2.18. The van der Waals surface area contributed by atoms with Crippen molar-refractivity contribution >= 4 is 17.9 Å². The molecule has 0 N–H and O–H groups in total. The van der Waals surface area contributed by atoms with Crippen LogP contribution in [0, 0.1) is 0 Å². The quantitative estimate of drug-likeness (QED) is 0.0262. The predicted molar refractivity (Wildman–Crippen MR) is 284 cm³/mol. The number of carbonyl (C=O) groups excluding carboxylic acids is 3. The topological polar surface area (TPSA) is 78.9 Å². The first-order valence-corrected chi connectivity index (χ1v) is 29.7. The fourth-order valence-corrected chi connectivity index (χ4v) is 9.03. The monoisotopic (exact) mass is 931 g/mol. The molecule has 1 atom stereocenters. The molecule has 390 valence electrons. The molecule has 1 unspecified atom stereocenters. The second-order valence-corrected chi connectivity index (χ2v) is 20.3. The summed E-state index contributed by atoms with van der Waals surface area (Å²) < 4.78 is 16.8. The first-order valence-electron chi connectivity index (χ1n) is 29.7. The van der Waals surface area contributed by atoms with Crippen LogP contribution in [0.2, 0.25) is 0 Å². The van der Waals surface area contributed by atoms with Crippen molar-refractivity contribution in [2.45, 2.75) is 341 Å². The summed E-state index contributed by atoms with van der Waals surface area (Å²) in [7, 11) is 0. The molecule has 6 heteroatoms. The summed E-state index contributed by atoms with van der Waals surface area (Å²) in [4.78, 5) is 37.9. The first-order chi connectivity index (χ1) is 32.5. The highest BCUT2D eigenvalue weighted by Crippen LogP contribution is 2.17. The molecule has 0 aromatic carbocycles. The van der Waals surface area contributed by atoms with Gasteiger partial charge in [0.1, 0.15) is 13.2 Å². The second kappa shape index (κ2) is 55.7. The number of carbonyl (C=O) groups is 3. The van der Waals surface area contributed by atoms with Crippen molar-refractivity contribution in [3.05, 3.63) is 12.2 Å².